The summed E-state index contributed by atoms with van der Waals surface area (Å²) in [6.07, 6.45) is 1.42. The van der Waals surface area contributed by atoms with Crippen molar-refractivity contribution < 1.29 is 18.3 Å². The van der Waals surface area contributed by atoms with Crippen LogP contribution in [0.4, 0.5) is 8.78 Å². The third-order valence-corrected chi connectivity index (χ3v) is 2.71. The van der Waals surface area contributed by atoms with Crippen molar-refractivity contribution in [3.63, 3.8) is 0 Å². The van der Waals surface area contributed by atoms with Gasteiger partial charge in [-0.15, -0.1) is 12.4 Å². The van der Waals surface area contributed by atoms with Crippen LogP contribution in [0.5, 0.6) is 5.75 Å². The summed E-state index contributed by atoms with van der Waals surface area (Å²) < 4.78 is 31.2. The number of ether oxygens (including phenoxy) is 1. The summed E-state index contributed by atoms with van der Waals surface area (Å²) in [5, 5.41) is 2.68. The van der Waals surface area contributed by atoms with Crippen molar-refractivity contribution in [3.8, 4) is 5.75 Å². The molecule has 2 atom stereocenters. The second-order valence-corrected chi connectivity index (χ2v) is 4.69. The maximum absolute atomic E-state index is 13.3. The number of carbonyl (C=O) groups excluding carboxylic acids is 1. The number of amides is 1. The average molecular weight is 323 g/mol. The molecule has 7 heteroatoms. The van der Waals surface area contributed by atoms with Crippen molar-refractivity contribution in [1.82, 2.24) is 5.32 Å². The molecule has 0 saturated heterocycles. The molecule has 1 aromatic rings. The summed E-state index contributed by atoms with van der Waals surface area (Å²) in [4.78, 5) is 11.7. The molecule has 1 aromatic carbocycles. The van der Waals surface area contributed by atoms with Crippen LogP contribution in [0.2, 0.25) is 0 Å². The van der Waals surface area contributed by atoms with Gasteiger partial charge in [-0.05, 0) is 25.5 Å². The van der Waals surface area contributed by atoms with Crippen molar-refractivity contribution in [2.75, 3.05) is 6.61 Å². The Balaban J connectivity index is 0.00000400. The maximum atomic E-state index is 13.3. The van der Waals surface area contributed by atoms with Crippen molar-refractivity contribution in [3.05, 3.63) is 29.8 Å². The molecule has 0 aliphatic rings. The maximum Gasteiger partial charge on any atom is 0.237 e. The van der Waals surface area contributed by atoms with E-state index in [-0.39, 0.29) is 36.7 Å². The van der Waals surface area contributed by atoms with E-state index in [2.05, 4.69) is 5.32 Å². The van der Waals surface area contributed by atoms with Crippen molar-refractivity contribution in [2.24, 2.45) is 5.73 Å². The molecule has 4 nitrogen and oxygen atoms in total. The Labute approximate surface area is 129 Å². The van der Waals surface area contributed by atoms with Crippen LogP contribution in [0.25, 0.3) is 0 Å². The van der Waals surface area contributed by atoms with Gasteiger partial charge in [0.05, 0.1) is 12.1 Å². The fourth-order valence-electron chi connectivity index (χ4n) is 1.64. The average Bonchev–Trinajstić information content (AvgIpc) is 2.37. The predicted octanol–water partition coefficient (Wildman–Crippen LogP) is 2.40. The number of rotatable bonds is 7. The van der Waals surface area contributed by atoms with Crippen molar-refractivity contribution >= 4 is 18.3 Å². The highest BCUT2D eigenvalue weighted by Gasteiger charge is 2.15. The molecular weight excluding hydrogens is 302 g/mol. The smallest absolute Gasteiger partial charge is 0.237 e. The second kappa shape index (κ2) is 9.52. The lowest BCUT2D eigenvalue weighted by Gasteiger charge is -2.18. The van der Waals surface area contributed by atoms with Gasteiger partial charge in [-0.1, -0.05) is 13.3 Å². The third-order valence-electron chi connectivity index (χ3n) is 2.71. The highest BCUT2D eigenvalue weighted by Crippen LogP contribution is 2.17. The van der Waals surface area contributed by atoms with E-state index in [0.717, 1.165) is 18.6 Å². The molecular formula is C14H21ClF2N2O2. The highest BCUT2D eigenvalue weighted by molar-refractivity contribution is 5.85. The summed E-state index contributed by atoms with van der Waals surface area (Å²) in [7, 11) is 0. The Hall–Kier alpha value is -1.40. The first-order valence-corrected chi connectivity index (χ1v) is 6.57. The fraction of sp³-hybridized carbons (Fsp3) is 0.500. The number of carbonyl (C=O) groups is 1. The normalized spacial score (nSPS) is 13.0. The minimum Gasteiger partial charge on any atom is -0.488 e. The van der Waals surface area contributed by atoms with Crippen LogP contribution in [0, 0.1) is 11.6 Å². The second-order valence-electron chi connectivity index (χ2n) is 4.69. The topological polar surface area (TPSA) is 64.4 Å². The summed E-state index contributed by atoms with van der Waals surface area (Å²) in [6.45, 7) is 3.74. The molecule has 0 saturated carbocycles. The van der Waals surface area contributed by atoms with Gasteiger partial charge in [0.15, 0.2) is 11.6 Å². The summed E-state index contributed by atoms with van der Waals surface area (Å²) in [6, 6.07) is 2.19. The molecule has 3 N–H and O–H groups in total. The summed E-state index contributed by atoms with van der Waals surface area (Å²) in [5.74, 6) is -1.75. The van der Waals surface area contributed by atoms with E-state index < -0.39 is 17.7 Å². The van der Waals surface area contributed by atoms with Crippen LogP contribution in [-0.4, -0.2) is 24.6 Å². The Morgan fingerprint density at radius 2 is 2.10 bits per heavy atom. The Kier molecular flexibility index (Phi) is 8.89. The van der Waals surface area contributed by atoms with E-state index in [9.17, 15) is 13.6 Å². The lowest BCUT2D eigenvalue weighted by molar-refractivity contribution is -0.123. The van der Waals surface area contributed by atoms with Gasteiger partial charge in [0, 0.05) is 6.07 Å². The van der Waals surface area contributed by atoms with Crippen LogP contribution in [0.15, 0.2) is 18.2 Å². The van der Waals surface area contributed by atoms with E-state index in [1.807, 2.05) is 6.92 Å². The number of hydrogen-bond acceptors (Lipinski definition) is 3. The van der Waals surface area contributed by atoms with E-state index in [0.29, 0.717) is 6.42 Å². The third kappa shape index (κ3) is 6.73. The highest BCUT2D eigenvalue weighted by atomic mass is 35.5. The number of halogens is 3. The zero-order chi connectivity index (χ0) is 15.1. The number of nitrogens with one attached hydrogen (secondary N) is 1. The minimum absolute atomic E-state index is 0. The molecule has 0 fully saturated rings. The van der Waals surface area contributed by atoms with Gasteiger partial charge in [0.25, 0.3) is 0 Å². The molecule has 0 spiro atoms. The fourth-order valence-corrected chi connectivity index (χ4v) is 1.64. The first-order valence-electron chi connectivity index (χ1n) is 6.57. The SMILES string of the molecule is CCCC(N)C(=O)NC(C)COc1ccc(F)cc1F.Cl. The molecule has 0 aliphatic heterocycles. The summed E-state index contributed by atoms with van der Waals surface area (Å²) >= 11 is 0. The Bertz CT molecular complexity index is 461. The lowest BCUT2D eigenvalue weighted by Crippen LogP contribution is -2.46. The van der Waals surface area contributed by atoms with E-state index >= 15 is 0 Å². The van der Waals surface area contributed by atoms with Gasteiger partial charge < -0.3 is 15.8 Å². The number of nitrogens with two attached hydrogens (primary N) is 1. The molecule has 0 radical (unpaired) electrons. The van der Waals surface area contributed by atoms with Crippen LogP contribution in [0.1, 0.15) is 26.7 Å². The predicted molar refractivity (Wildman–Crippen MR) is 79.6 cm³/mol. The molecule has 2 unspecified atom stereocenters. The van der Waals surface area contributed by atoms with Crippen LogP contribution in [-0.2, 0) is 4.79 Å². The van der Waals surface area contributed by atoms with E-state index in [4.69, 9.17) is 10.5 Å². The lowest BCUT2D eigenvalue weighted by atomic mass is 10.1. The van der Waals surface area contributed by atoms with Gasteiger partial charge in [-0.25, -0.2) is 8.78 Å². The molecule has 21 heavy (non-hydrogen) atoms. The molecule has 1 amide bonds. The first-order chi connectivity index (χ1) is 9.43. The number of hydrogen-bond donors (Lipinski definition) is 2. The largest absolute Gasteiger partial charge is 0.488 e. The van der Waals surface area contributed by atoms with Gasteiger partial charge in [-0.2, -0.15) is 0 Å². The summed E-state index contributed by atoms with van der Waals surface area (Å²) in [5.41, 5.74) is 5.67. The van der Waals surface area contributed by atoms with E-state index in [1.165, 1.54) is 6.07 Å². The zero-order valence-corrected chi connectivity index (χ0v) is 12.9. The van der Waals surface area contributed by atoms with E-state index in [1.54, 1.807) is 6.92 Å². The zero-order valence-electron chi connectivity index (χ0n) is 12.1. The van der Waals surface area contributed by atoms with Crippen LogP contribution in [0.3, 0.4) is 0 Å². The number of benzene rings is 1. The molecule has 1 rings (SSSR count). The standard InChI is InChI=1S/C14H20F2N2O2.ClH/c1-3-4-12(17)14(19)18-9(2)8-20-13-6-5-10(15)7-11(13)16;/h5-7,9,12H,3-4,8,17H2,1-2H3,(H,18,19);1H. The monoisotopic (exact) mass is 322 g/mol. The molecule has 0 heterocycles. The Morgan fingerprint density at radius 3 is 2.67 bits per heavy atom. The van der Waals surface area contributed by atoms with Crippen LogP contribution < -0.4 is 15.8 Å². The van der Waals surface area contributed by atoms with Gasteiger partial charge in [0.1, 0.15) is 12.4 Å². The first kappa shape index (κ1) is 19.6. The molecule has 0 aliphatic carbocycles. The molecule has 120 valence electrons. The molecule has 0 aromatic heterocycles. The van der Waals surface area contributed by atoms with Gasteiger partial charge in [0.2, 0.25) is 5.91 Å². The van der Waals surface area contributed by atoms with Gasteiger partial charge in [-0.3, -0.25) is 4.79 Å². The van der Waals surface area contributed by atoms with Crippen molar-refractivity contribution in [1.29, 1.82) is 0 Å². The Morgan fingerprint density at radius 1 is 1.43 bits per heavy atom. The quantitative estimate of drug-likeness (QED) is 0.810. The van der Waals surface area contributed by atoms with Crippen LogP contribution >= 0.6 is 12.4 Å². The van der Waals surface area contributed by atoms with Gasteiger partial charge >= 0.3 is 0 Å². The van der Waals surface area contributed by atoms with Crippen molar-refractivity contribution in [2.45, 2.75) is 38.8 Å². The minimum atomic E-state index is -0.772. The molecule has 0 bridgehead atoms.